The molecule has 1 N–H and O–H groups in total. The van der Waals surface area contributed by atoms with Gasteiger partial charge in [0.05, 0.1) is 11.4 Å². The summed E-state index contributed by atoms with van der Waals surface area (Å²) < 4.78 is 0. The van der Waals surface area contributed by atoms with Crippen LogP contribution >= 0.6 is 11.8 Å². The SMILES string of the molecule is C=C(C)CCCC(=C)c1cccc(CC(NC(=C)CCC#N)SC)c1. The van der Waals surface area contributed by atoms with Gasteiger partial charge in [0.1, 0.15) is 0 Å². The van der Waals surface area contributed by atoms with Crippen molar-refractivity contribution in [2.24, 2.45) is 0 Å². The minimum atomic E-state index is 0.262. The molecule has 0 fully saturated rings. The number of hydrogen-bond donors (Lipinski definition) is 1. The summed E-state index contributed by atoms with van der Waals surface area (Å²) in [6.07, 6.45) is 7.38. The first-order chi connectivity index (χ1) is 12.0. The van der Waals surface area contributed by atoms with Crippen molar-refractivity contribution in [2.45, 2.75) is 50.8 Å². The van der Waals surface area contributed by atoms with E-state index in [1.807, 2.05) is 0 Å². The molecule has 0 heterocycles. The summed E-state index contributed by atoms with van der Waals surface area (Å²) in [5.41, 5.74) is 5.87. The number of nitriles is 1. The van der Waals surface area contributed by atoms with E-state index in [2.05, 4.69) is 68.6 Å². The maximum atomic E-state index is 8.68. The van der Waals surface area contributed by atoms with Gasteiger partial charge in [-0.3, -0.25) is 0 Å². The molecule has 0 bridgehead atoms. The minimum absolute atomic E-state index is 0.262. The summed E-state index contributed by atoms with van der Waals surface area (Å²) >= 11 is 1.77. The first-order valence-electron chi connectivity index (χ1n) is 8.71. The monoisotopic (exact) mass is 354 g/mol. The normalized spacial score (nSPS) is 11.4. The number of nitrogens with one attached hydrogen (secondary N) is 1. The predicted octanol–water partition coefficient (Wildman–Crippen LogP) is 6.08. The van der Waals surface area contributed by atoms with Crippen molar-refractivity contribution in [3.63, 3.8) is 0 Å². The molecule has 1 aromatic carbocycles. The Labute approximate surface area is 157 Å². The third kappa shape index (κ3) is 8.65. The molecule has 1 unspecified atom stereocenters. The van der Waals surface area contributed by atoms with E-state index < -0.39 is 0 Å². The Bertz CT molecular complexity index is 640. The van der Waals surface area contributed by atoms with Crippen LogP contribution in [0, 0.1) is 11.3 Å². The maximum absolute atomic E-state index is 8.68. The van der Waals surface area contributed by atoms with E-state index in [0.29, 0.717) is 12.8 Å². The van der Waals surface area contributed by atoms with Gasteiger partial charge in [-0.15, -0.1) is 18.3 Å². The Balaban J connectivity index is 2.63. The molecule has 0 saturated heterocycles. The second-order valence-corrected chi connectivity index (χ2v) is 7.49. The fourth-order valence-electron chi connectivity index (χ4n) is 2.58. The second kappa shape index (κ2) is 11.6. The van der Waals surface area contributed by atoms with E-state index >= 15 is 0 Å². The van der Waals surface area contributed by atoms with Gasteiger partial charge >= 0.3 is 0 Å². The summed E-state index contributed by atoms with van der Waals surface area (Å²) in [7, 11) is 0. The van der Waals surface area contributed by atoms with Gasteiger partial charge in [-0.1, -0.05) is 43.0 Å². The van der Waals surface area contributed by atoms with Gasteiger partial charge in [-0.2, -0.15) is 5.26 Å². The molecule has 134 valence electrons. The molecule has 3 heteroatoms. The van der Waals surface area contributed by atoms with Gasteiger partial charge < -0.3 is 5.32 Å². The lowest BCUT2D eigenvalue weighted by molar-refractivity contribution is 0.705. The van der Waals surface area contributed by atoms with Crippen molar-refractivity contribution >= 4 is 17.3 Å². The van der Waals surface area contributed by atoms with E-state index in [-0.39, 0.29) is 5.37 Å². The third-order valence-corrected chi connectivity index (χ3v) is 4.88. The van der Waals surface area contributed by atoms with E-state index in [0.717, 1.165) is 31.4 Å². The Morgan fingerprint density at radius 3 is 2.64 bits per heavy atom. The highest BCUT2D eigenvalue weighted by Crippen LogP contribution is 2.22. The zero-order valence-corrected chi connectivity index (χ0v) is 16.4. The van der Waals surface area contributed by atoms with E-state index in [1.165, 1.54) is 22.3 Å². The molecule has 0 aromatic heterocycles. The van der Waals surface area contributed by atoms with E-state index in [1.54, 1.807) is 11.8 Å². The Kier molecular flexibility index (Phi) is 9.80. The molecule has 1 aromatic rings. The Morgan fingerprint density at radius 2 is 2.00 bits per heavy atom. The van der Waals surface area contributed by atoms with Crippen LogP contribution in [0.1, 0.15) is 50.2 Å². The van der Waals surface area contributed by atoms with Gasteiger partial charge in [0, 0.05) is 18.5 Å². The van der Waals surface area contributed by atoms with Crippen LogP contribution in [0.2, 0.25) is 0 Å². The molecule has 0 aliphatic heterocycles. The van der Waals surface area contributed by atoms with E-state index in [4.69, 9.17) is 5.26 Å². The van der Waals surface area contributed by atoms with Crippen LogP contribution in [0.15, 0.2) is 55.3 Å². The van der Waals surface area contributed by atoms with Crippen LogP contribution in [0.3, 0.4) is 0 Å². The highest BCUT2D eigenvalue weighted by molar-refractivity contribution is 7.99. The smallest absolute Gasteiger partial charge is 0.0757 e. The van der Waals surface area contributed by atoms with E-state index in [9.17, 15) is 0 Å². The molecule has 25 heavy (non-hydrogen) atoms. The third-order valence-electron chi connectivity index (χ3n) is 4.03. The summed E-state index contributed by atoms with van der Waals surface area (Å²) in [5.74, 6) is 0. The van der Waals surface area contributed by atoms with Crippen molar-refractivity contribution in [1.29, 1.82) is 5.26 Å². The Hall–Kier alpha value is -1.92. The standard InChI is InChI=1S/C22H30N2S/c1-17(2)9-6-10-18(3)21-13-7-12-20(15-21)16-22(25-5)24-19(4)11-8-14-23/h7,12-13,15,22,24H,1,3-4,6,8-11,16H2,2,5H3. The molecule has 1 atom stereocenters. The Morgan fingerprint density at radius 1 is 1.24 bits per heavy atom. The van der Waals surface area contributed by atoms with Gasteiger partial charge in [0.2, 0.25) is 0 Å². The number of hydrogen-bond acceptors (Lipinski definition) is 3. The van der Waals surface area contributed by atoms with Crippen LogP contribution in [0.4, 0.5) is 0 Å². The lowest BCUT2D eigenvalue weighted by atomic mass is 9.98. The van der Waals surface area contributed by atoms with Gasteiger partial charge in [-0.25, -0.2) is 0 Å². The lowest BCUT2D eigenvalue weighted by Gasteiger charge is -2.19. The topological polar surface area (TPSA) is 35.8 Å². The average Bonchev–Trinajstić information content (AvgIpc) is 2.59. The first-order valence-corrected chi connectivity index (χ1v) is 10.0. The van der Waals surface area contributed by atoms with Crippen LogP contribution in [0.5, 0.6) is 0 Å². The van der Waals surface area contributed by atoms with Gasteiger partial charge in [-0.05, 0) is 55.6 Å². The largest absolute Gasteiger partial charge is 0.377 e. The van der Waals surface area contributed by atoms with Crippen molar-refractivity contribution < 1.29 is 0 Å². The van der Waals surface area contributed by atoms with Crippen LogP contribution < -0.4 is 5.32 Å². The number of nitrogens with zero attached hydrogens (tertiary/aromatic N) is 1. The molecular weight excluding hydrogens is 324 g/mol. The zero-order chi connectivity index (χ0) is 18.7. The van der Waals surface area contributed by atoms with Crippen molar-refractivity contribution in [1.82, 2.24) is 5.32 Å². The molecule has 0 aliphatic carbocycles. The van der Waals surface area contributed by atoms with Crippen LogP contribution in [-0.2, 0) is 6.42 Å². The molecule has 0 spiro atoms. The number of allylic oxidation sites excluding steroid dienone is 3. The summed E-state index contributed by atoms with van der Waals surface area (Å²) in [6.45, 7) is 14.3. The highest BCUT2D eigenvalue weighted by atomic mass is 32.2. The lowest BCUT2D eigenvalue weighted by Crippen LogP contribution is -2.26. The van der Waals surface area contributed by atoms with Crippen molar-refractivity contribution in [2.75, 3.05) is 6.26 Å². The molecular formula is C22H30N2S. The number of benzene rings is 1. The molecule has 0 radical (unpaired) electrons. The molecule has 0 amide bonds. The van der Waals surface area contributed by atoms with Crippen molar-refractivity contribution in [3.05, 3.63) is 66.4 Å². The first kappa shape index (κ1) is 21.1. The fraction of sp³-hybridized carbons (Fsp3) is 0.409. The average molecular weight is 355 g/mol. The summed E-state index contributed by atoms with van der Waals surface area (Å²) in [6, 6.07) is 10.8. The maximum Gasteiger partial charge on any atom is 0.0757 e. The minimum Gasteiger partial charge on any atom is -0.377 e. The molecule has 0 aliphatic rings. The number of thioether (sulfide) groups is 1. The van der Waals surface area contributed by atoms with Crippen LogP contribution in [-0.4, -0.2) is 11.6 Å². The van der Waals surface area contributed by atoms with Gasteiger partial charge in [0.25, 0.3) is 0 Å². The highest BCUT2D eigenvalue weighted by Gasteiger charge is 2.10. The van der Waals surface area contributed by atoms with Crippen molar-refractivity contribution in [3.8, 4) is 6.07 Å². The molecule has 0 saturated carbocycles. The number of rotatable bonds is 12. The molecule has 1 rings (SSSR count). The van der Waals surface area contributed by atoms with Crippen LogP contribution in [0.25, 0.3) is 5.57 Å². The fourth-order valence-corrected chi connectivity index (χ4v) is 3.22. The second-order valence-electron chi connectivity index (χ2n) is 6.45. The zero-order valence-electron chi connectivity index (χ0n) is 15.6. The predicted molar refractivity (Wildman–Crippen MR) is 112 cm³/mol. The molecule has 2 nitrogen and oxygen atoms in total. The quantitative estimate of drug-likeness (QED) is 0.365. The summed E-state index contributed by atoms with van der Waals surface area (Å²) in [5, 5.41) is 12.4. The summed E-state index contributed by atoms with van der Waals surface area (Å²) in [4.78, 5) is 0. The van der Waals surface area contributed by atoms with Gasteiger partial charge in [0.15, 0.2) is 0 Å².